The Morgan fingerprint density at radius 1 is 0.800 bits per heavy atom. The molecule has 0 nitrogen and oxygen atoms in total. The quantitative estimate of drug-likeness (QED) is 0.635. The van der Waals surface area contributed by atoms with Crippen LogP contribution in [0.15, 0.2) is 35.2 Å². The van der Waals surface area contributed by atoms with Crippen molar-refractivity contribution >= 4 is 21.6 Å². The Labute approximate surface area is 102 Å². The molecule has 0 atom stereocenters. The van der Waals surface area contributed by atoms with Crippen molar-refractivity contribution in [2.75, 3.05) is 6.26 Å². The first-order chi connectivity index (χ1) is 7.43. The van der Waals surface area contributed by atoms with E-state index in [0.29, 0.717) is 0 Å². The third-order valence-electron chi connectivity index (χ3n) is 2.42. The average Bonchev–Trinajstić information content (AvgIpc) is 2.34. The van der Waals surface area contributed by atoms with Crippen molar-refractivity contribution in [3.63, 3.8) is 0 Å². The molecule has 15 heavy (non-hydrogen) atoms. The van der Waals surface area contributed by atoms with Crippen LogP contribution in [0, 0.1) is 0 Å². The Kier molecular flexibility index (Phi) is 7.94. The lowest BCUT2D eigenvalue weighted by molar-refractivity contribution is 0.504. The number of hydrogen-bond acceptors (Lipinski definition) is 2. The van der Waals surface area contributed by atoms with Gasteiger partial charge in [-0.05, 0) is 18.4 Å². The van der Waals surface area contributed by atoms with Crippen molar-refractivity contribution in [3.05, 3.63) is 30.3 Å². The predicted molar refractivity (Wildman–Crippen MR) is 73.5 cm³/mol. The zero-order chi connectivity index (χ0) is 10.8. The maximum absolute atomic E-state index is 2.11. The van der Waals surface area contributed by atoms with Gasteiger partial charge in [0.05, 0.1) is 0 Å². The molecule has 1 fully saturated rings. The van der Waals surface area contributed by atoms with Crippen LogP contribution >= 0.6 is 21.6 Å². The molecule has 0 spiro atoms. The lowest BCUT2D eigenvalue weighted by Crippen LogP contribution is -1.85. The van der Waals surface area contributed by atoms with Gasteiger partial charge in [-0.15, -0.1) is 0 Å². The molecule has 0 amide bonds. The highest BCUT2D eigenvalue weighted by atomic mass is 33.1. The van der Waals surface area contributed by atoms with Crippen molar-refractivity contribution < 1.29 is 0 Å². The van der Waals surface area contributed by atoms with E-state index in [2.05, 4.69) is 30.5 Å². The molecule has 0 unspecified atom stereocenters. The van der Waals surface area contributed by atoms with E-state index < -0.39 is 0 Å². The average molecular weight is 240 g/mol. The predicted octanol–water partition coefficient (Wildman–Crippen LogP) is 5.40. The van der Waals surface area contributed by atoms with E-state index in [1.54, 1.807) is 21.6 Å². The molecule has 0 radical (unpaired) electrons. The van der Waals surface area contributed by atoms with Gasteiger partial charge in [0.15, 0.2) is 0 Å². The Balaban J connectivity index is 0.000000162. The molecular formula is C13H20S2. The standard InChI is InChI=1S/C7H8S2.C6H12/c1-8-9-7-5-3-2-4-6-7;1-2-4-6-5-3-1/h2-6H,1H3;1-6H2. The van der Waals surface area contributed by atoms with Gasteiger partial charge in [-0.2, -0.15) is 0 Å². The summed E-state index contributed by atoms with van der Waals surface area (Å²) in [6, 6.07) is 10.4. The minimum absolute atomic E-state index is 1.32. The topological polar surface area (TPSA) is 0 Å². The molecule has 1 aliphatic carbocycles. The van der Waals surface area contributed by atoms with Crippen molar-refractivity contribution in [1.82, 2.24) is 0 Å². The van der Waals surface area contributed by atoms with Crippen LogP contribution in [0.4, 0.5) is 0 Å². The third kappa shape index (κ3) is 6.91. The van der Waals surface area contributed by atoms with Crippen LogP contribution in [0.25, 0.3) is 0 Å². The van der Waals surface area contributed by atoms with E-state index in [1.807, 2.05) is 6.07 Å². The van der Waals surface area contributed by atoms with Crippen LogP contribution in [0.5, 0.6) is 0 Å². The molecule has 1 saturated carbocycles. The van der Waals surface area contributed by atoms with E-state index in [1.165, 1.54) is 43.4 Å². The van der Waals surface area contributed by atoms with E-state index >= 15 is 0 Å². The maximum atomic E-state index is 2.11. The van der Waals surface area contributed by atoms with E-state index in [0.717, 1.165) is 0 Å². The maximum Gasteiger partial charge on any atom is 0.0182 e. The molecular weight excluding hydrogens is 220 g/mol. The molecule has 2 heteroatoms. The smallest absolute Gasteiger partial charge is 0.0182 e. The van der Waals surface area contributed by atoms with E-state index in [9.17, 15) is 0 Å². The van der Waals surface area contributed by atoms with E-state index in [4.69, 9.17) is 0 Å². The summed E-state index contributed by atoms with van der Waals surface area (Å²) in [5.41, 5.74) is 0. The fourth-order valence-electron chi connectivity index (χ4n) is 1.63. The summed E-state index contributed by atoms with van der Waals surface area (Å²) in [5.74, 6) is 0. The first-order valence-corrected chi connectivity index (χ1v) is 8.25. The summed E-state index contributed by atoms with van der Waals surface area (Å²) in [5, 5.41) is 0. The molecule has 0 aromatic heterocycles. The fourth-order valence-corrected chi connectivity index (χ4v) is 3.00. The highest BCUT2D eigenvalue weighted by Gasteiger charge is 1.95. The van der Waals surface area contributed by atoms with Gasteiger partial charge in [0.1, 0.15) is 0 Å². The first-order valence-electron chi connectivity index (χ1n) is 5.69. The van der Waals surface area contributed by atoms with Crippen LogP contribution in [0.1, 0.15) is 38.5 Å². The molecule has 0 aliphatic heterocycles. The minimum Gasteiger partial charge on any atom is -0.0924 e. The summed E-state index contributed by atoms with van der Waals surface area (Å²) in [4.78, 5) is 1.32. The number of benzene rings is 1. The van der Waals surface area contributed by atoms with Gasteiger partial charge in [-0.1, -0.05) is 78.3 Å². The zero-order valence-corrected chi connectivity index (χ0v) is 11.1. The monoisotopic (exact) mass is 240 g/mol. The highest BCUT2D eigenvalue weighted by molar-refractivity contribution is 8.76. The molecule has 0 N–H and O–H groups in total. The van der Waals surface area contributed by atoms with Crippen molar-refractivity contribution in [1.29, 1.82) is 0 Å². The van der Waals surface area contributed by atoms with Gasteiger partial charge >= 0.3 is 0 Å². The molecule has 0 heterocycles. The first kappa shape index (κ1) is 13.0. The largest absolute Gasteiger partial charge is 0.0924 e. The molecule has 1 aromatic rings. The number of rotatable bonds is 2. The Hall–Kier alpha value is -0.0800. The lowest BCUT2D eigenvalue weighted by atomic mass is 10.0. The van der Waals surface area contributed by atoms with Crippen LogP contribution in [0.3, 0.4) is 0 Å². The third-order valence-corrected chi connectivity index (χ3v) is 4.13. The molecule has 1 aliphatic rings. The van der Waals surface area contributed by atoms with Gasteiger partial charge in [0.25, 0.3) is 0 Å². The molecule has 0 saturated heterocycles. The van der Waals surface area contributed by atoms with Gasteiger partial charge < -0.3 is 0 Å². The molecule has 84 valence electrons. The SMILES string of the molecule is C1CCCCC1.CSSc1ccccc1. The van der Waals surface area contributed by atoms with Gasteiger partial charge in [-0.3, -0.25) is 0 Å². The van der Waals surface area contributed by atoms with E-state index in [-0.39, 0.29) is 0 Å². The van der Waals surface area contributed by atoms with Crippen molar-refractivity contribution in [2.24, 2.45) is 0 Å². The van der Waals surface area contributed by atoms with Crippen LogP contribution in [-0.2, 0) is 0 Å². The summed E-state index contributed by atoms with van der Waals surface area (Å²) >= 11 is 0. The van der Waals surface area contributed by atoms with Crippen molar-refractivity contribution in [3.8, 4) is 0 Å². The second-order valence-electron chi connectivity index (χ2n) is 3.68. The zero-order valence-electron chi connectivity index (χ0n) is 9.45. The minimum atomic E-state index is 1.32. The molecule has 0 bridgehead atoms. The normalized spacial score (nSPS) is 15.3. The Morgan fingerprint density at radius 3 is 1.67 bits per heavy atom. The van der Waals surface area contributed by atoms with Crippen LogP contribution in [0.2, 0.25) is 0 Å². The van der Waals surface area contributed by atoms with Gasteiger partial charge in [-0.25, -0.2) is 0 Å². The Morgan fingerprint density at radius 2 is 1.27 bits per heavy atom. The number of hydrogen-bond donors (Lipinski definition) is 0. The second kappa shape index (κ2) is 9.17. The molecule has 1 aromatic carbocycles. The summed E-state index contributed by atoms with van der Waals surface area (Å²) in [7, 11) is 3.56. The van der Waals surface area contributed by atoms with Crippen molar-refractivity contribution in [2.45, 2.75) is 43.4 Å². The summed E-state index contributed by atoms with van der Waals surface area (Å²) < 4.78 is 0. The van der Waals surface area contributed by atoms with Gasteiger partial charge in [0, 0.05) is 4.90 Å². The summed E-state index contributed by atoms with van der Waals surface area (Å²) in [6.07, 6.45) is 11.1. The highest BCUT2D eigenvalue weighted by Crippen LogP contribution is 2.27. The Bertz CT molecular complexity index is 218. The summed E-state index contributed by atoms with van der Waals surface area (Å²) in [6.45, 7) is 0. The van der Waals surface area contributed by atoms with Crippen LogP contribution in [-0.4, -0.2) is 6.26 Å². The second-order valence-corrected chi connectivity index (χ2v) is 6.16. The van der Waals surface area contributed by atoms with Gasteiger partial charge in [0.2, 0.25) is 0 Å². The van der Waals surface area contributed by atoms with Crippen LogP contribution < -0.4 is 0 Å². The fraction of sp³-hybridized carbons (Fsp3) is 0.538. The lowest BCUT2D eigenvalue weighted by Gasteiger charge is -2.05. The molecule has 2 rings (SSSR count).